The Kier molecular flexibility index (Phi) is 5.23. The molecule has 0 aliphatic heterocycles. The van der Waals surface area contributed by atoms with Crippen LogP contribution >= 0.6 is 0 Å². The molecule has 1 aromatic carbocycles. The summed E-state index contributed by atoms with van der Waals surface area (Å²) in [6, 6.07) is 9.53. The van der Waals surface area contributed by atoms with E-state index in [4.69, 9.17) is 4.52 Å². The minimum absolute atomic E-state index is 0.0367. The molecular formula is C18H21N5O2. The normalized spacial score (nSPS) is 11.0. The zero-order valence-corrected chi connectivity index (χ0v) is 14.3. The summed E-state index contributed by atoms with van der Waals surface area (Å²) in [6.45, 7) is 4.03. The third kappa shape index (κ3) is 4.53. The number of nitrogens with zero attached hydrogens (tertiary/aromatic N) is 3. The van der Waals surface area contributed by atoms with E-state index in [1.807, 2.05) is 44.2 Å². The number of H-pyrrole nitrogens is 1. The number of aromatic nitrogens is 4. The SMILES string of the molecule is CC(C)c1noc(CCCC(=O)Nc2cccc(-c3ccn[nH]3)c2)n1. The molecule has 7 heteroatoms. The Bertz CT molecular complexity index is 824. The summed E-state index contributed by atoms with van der Waals surface area (Å²) in [4.78, 5) is 16.4. The second-order valence-electron chi connectivity index (χ2n) is 6.15. The molecule has 25 heavy (non-hydrogen) atoms. The first-order valence-electron chi connectivity index (χ1n) is 8.34. The number of amides is 1. The van der Waals surface area contributed by atoms with Gasteiger partial charge in [-0.25, -0.2) is 0 Å². The average molecular weight is 339 g/mol. The predicted octanol–water partition coefficient (Wildman–Crippen LogP) is 3.54. The molecule has 130 valence electrons. The van der Waals surface area contributed by atoms with Gasteiger partial charge < -0.3 is 9.84 Å². The van der Waals surface area contributed by atoms with Crippen molar-refractivity contribution in [2.24, 2.45) is 0 Å². The molecule has 0 spiro atoms. The number of nitrogens with one attached hydrogen (secondary N) is 2. The molecule has 1 amide bonds. The molecule has 3 aromatic rings. The monoisotopic (exact) mass is 339 g/mol. The Morgan fingerprint density at radius 1 is 1.32 bits per heavy atom. The number of carbonyl (C=O) groups excluding carboxylic acids is 1. The lowest BCUT2D eigenvalue weighted by atomic mass is 10.1. The summed E-state index contributed by atoms with van der Waals surface area (Å²) in [5, 5.41) is 13.7. The first kappa shape index (κ1) is 16.9. The van der Waals surface area contributed by atoms with Gasteiger partial charge >= 0.3 is 0 Å². The average Bonchev–Trinajstić information content (AvgIpc) is 3.27. The molecule has 2 heterocycles. The van der Waals surface area contributed by atoms with Crippen molar-refractivity contribution in [2.75, 3.05) is 5.32 Å². The fraction of sp³-hybridized carbons (Fsp3) is 0.333. The highest BCUT2D eigenvalue weighted by atomic mass is 16.5. The van der Waals surface area contributed by atoms with Crippen LogP contribution < -0.4 is 5.32 Å². The zero-order chi connectivity index (χ0) is 17.6. The summed E-state index contributed by atoms with van der Waals surface area (Å²) >= 11 is 0. The van der Waals surface area contributed by atoms with Gasteiger partial charge in [-0.2, -0.15) is 10.1 Å². The number of aromatic amines is 1. The van der Waals surface area contributed by atoms with Crippen LogP contribution in [0.15, 0.2) is 41.1 Å². The Balaban J connectivity index is 1.50. The largest absolute Gasteiger partial charge is 0.339 e. The first-order chi connectivity index (χ1) is 12.1. The molecule has 0 aliphatic carbocycles. The molecule has 0 saturated carbocycles. The predicted molar refractivity (Wildman–Crippen MR) is 94.0 cm³/mol. The summed E-state index contributed by atoms with van der Waals surface area (Å²) in [5.41, 5.74) is 2.65. The Morgan fingerprint density at radius 2 is 2.20 bits per heavy atom. The molecule has 0 unspecified atom stereocenters. The summed E-state index contributed by atoms with van der Waals surface area (Å²) in [7, 11) is 0. The van der Waals surface area contributed by atoms with Gasteiger partial charge in [0.2, 0.25) is 11.8 Å². The summed E-state index contributed by atoms with van der Waals surface area (Å²) < 4.78 is 5.18. The van der Waals surface area contributed by atoms with Crippen LogP contribution in [0.2, 0.25) is 0 Å². The molecule has 0 aliphatic rings. The fourth-order valence-corrected chi connectivity index (χ4v) is 2.41. The third-order valence-electron chi connectivity index (χ3n) is 3.75. The smallest absolute Gasteiger partial charge is 0.226 e. The maximum atomic E-state index is 12.1. The van der Waals surface area contributed by atoms with Crippen molar-refractivity contribution in [3.05, 3.63) is 48.2 Å². The van der Waals surface area contributed by atoms with Gasteiger partial charge in [-0.05, 0) is 24.6 Å². The number of hydrogen-bond donors (Lipinski definition) is 2. The molecule has 0 bridgehead atoms. The van der Waals surface area contributed by atoms with E-state index in [9.17, 15) is 4.79 Å². The second-order valence-corrected chi connectivity index (χ2v) is 6.15. The highest BCUT2D eigenvalue weighted by Gasteiger charge is 2.10. The minimum atomic E-state index is -0.0367. The Morgan fingerprint density at radius 3 is 2.92 bits per heavy atom. The van der Waals surface area contributed by atoms with Crippen LogP contribution in [0.1, 0.15) is 44.3 Å². The van der Waals surface area contributed by atoms with Crippen molar-refractivity contribution in [2.45, 2.75) is 39.0 Å². The van der Waals surface area contributed by atoms with Crippen LogP contribution in [0.25, 0.3) is 11.3 Å². The van der Waals surface area contributed by atoms with Gasteiger partial charge in [0.1, 0.15) is 0 Å². The van der Waals surface area contributed by atoms with E-state index in [-0.39, 0.29) is 11.8 Å². The zero-order valence-electron chi connectivity index (χ0n) is 14.3. The van der Waals surface area contributed by atoms with E-state index in [1.54, 1.807) is 6.20 Å². The standard InChI is InChI=1S/C18H21N5O2/c1-12(2)18-21-17(25-23-18)8-4-7-16(24)20-14-6-3-5-13(11-14)15-9-10-19-22-15/h3,5-6,9-12H,4,7-8H2,1-2H3,(H,19,22)(H,20,24). The first-order valence-corrected chi connectivity index (χ1v) is 8.34. The van der Waals surface area contributed by atoms with E-state index in [2.05, 4.69) is 25.7 Å². The van der Waals surface area contributed by atoms with E-state index in [0.717, 1.165) is 16.9 Å². The van der Waals surface area contributed by atoms with Crippen LogP contribution in [-0.4, -0.2) is 26.2 Å². The highest BCUT2D eigenvalue weighted by molar-refractivity contribution is 5.91. The Hall–Kier alpha value is -2.96. The molecule has 2 N–H and O–H groups in total. The van der Waals surface area contributed by atoms with Crippen LogP contribution in [0.4, 0.5) is 5.69 Å². The summed E-state index contributed by atoms with van der Waals surface area (Å²) in [5.74, 6) is 1.49. The Labute approximate surface area is 145 Å². The number of aryl methyl sites for hydroxylation is 1. The maximum absolute atomic E-state index is 12.1. The van der Waals surface area contributed by atoms with Crippen molar-refractivity contribution in [1.29, 1.82) is 0 Å². The minimum Gasteiger partial charge on any atom is -0.339 e. The van der Waals surface area contributed by atoms with Crippen molar-refractivity contribution in [3.63, 3.8) is 0 Å². The van der Waals surface area contributed by atoms with Crippen LogP contribution in [0, 0.1) is 0 Å². The molecule has 2 aromatic heterocycles. The maximum Gasteiger partial charge on any atom is 0.226 e. The fourth-order valence-electron chi connectivity index (χ4n) is 2.41. The van der Waals surface area contributed by atoms with Crippen LogP contribution in [0.5, 0.6) is 0 Å². The highest BCUT2D eigenvalue weighted by Crippen LogP contribution is 2.20. The van der Waals surface area contributed by atoms with Gasteiger partial charge in [0, 0.05) is 36.2 Å². The lowest BCUT2D eigenvalue weighted by Gasteiger charge is -2.06. The number of benzene rings is 1. The van der Waals surface area contributed by atoms with Crippen molar-refractivity contribution in [3.8, 4) is 11.3 Å². The number of rotatable bonds is 7. The van der Waals surface area contributed by atoms with Crippen molar-refractivity contribution < 1.29 is 9.32 Å². The second kappa shape index (κ2) is 7.74. The van der Waals surface area contributed by atoms with Gasteiger partial charge in [-0.15, -0.1) is 0 Å². The van der Waals surface area contributed by atoms with Gasteiger partial charge in [-0.1, -0.05) is 31.1 Å². The third-order valence-corrected chi connectivity index (χ3v) is 3.75. The molecule has 0 atom stereocenters. The topological polar surface area (TPSA) is 96.7 Å². The van der Waals surface area contributed by atoms with E-state index in [0.29, 0.717) is 31.0 Å². The molecule has 0 saturated heterocycles. The summed E-state index contributed by atoms with van der Waals surface area (Å²) in [6.07, 6.45) is 3.35. The number of hydrogen-bond acceptors (Lipinski definition) is 5. The molecule has 3 rings (SSSR count). The van der Waals surface area contributed by atoms with E-state index in [1.165, 1.54) is 0 Å². The number of carbonyl (C=O) groups is 1. The van der Waals surface area contributed by atoms with E-state index >= 15 is 0 Å². The van der Waals surface area contributed by atoms with E-state index < -0.39 is 0 Å². The lowest BCUT2D eigenvalue weighted by Crippen LogP contribution is -2.11. The van der Waals surface area contributed by atoms with Crippen LogP contribution in [-0.2, 0) is 11.2 Å². The van der Waals surface area contributed by atoms with Crippen molar-refractivity contribution >= 4 is 11.6 Å². The number of anilines is 1. The quantitative estimate of drug-likeness (QED) is 0.686. The van der Waals surface area contributed by atoms with Gasteiger partial charge in [0.25, 0.3) is 0 Å². The van der Waals surface area contributed by atoms with Crippen molar-refractivity contribution in [1.82, 2.24) is 20.3 Å². The molecule has 0 radical (unpaired) electrons. The van der Waals surface area contributed by atoms with Gasteiger partial charge in [0.05, 0.1) is 5.69 Å². The van der Waals surface area contributed by atoms with Gasteiger partial charge in [-0.3, -0.25) is 9.89 Å². The van der Waals surface area contributed by atoms with Gasteiger partial charge in [0.15, 0.2) is 5.82 Å². The molecule has 0 fully saturated rings. The molecular weight excluding hydrogens is 318 g/mol. The lowest BCUT2D eigenvalue weighted by molar-refractivity contribution is -0.116. The van der Waals surface area contributed by atoms with Crippen LogP contribution in [0.3, 0.4) is 0 Å². The molecule has 7 nitrogen and oxygen atoms in total.